The van der Waals surface area contributed by atoms with Crippen molar-refractivity contribution in [3.8, 4) is 17.3 Å². The van der Waals surface area contributed by atoms with E-state index in [-0.39, 0.29) is 29.3 Å². The number of thiazole rings is 1. The van der Waals surface area contributed by atoms with Crippen molar-refractivity contribution in [2.24, 2.45) is 0 Å². The minimum atomic E-state index is -0.714. The molecular weight excluding hydrogens is 465 g/mol. The Balaban J connectivity index is 1.53. The molecule has 1 aromatic heterocycles. The van der Waals surface area contributed by atoms with E-state index in [4.69, 9.17) is 10.00 Å². The second kappa shape index (κ2) is 10.6. The van der Waals surface area contributed by atoms with Gasteiger partial charge >= 0.3 is 0 Å². The molecule has 2 aromatic carbocycles. The lowest BCUT2D eigenvalue weighted by molar-refractivity contribution is 0.0933. The number of nitrogens with one attached hydrogen (secondary N) is 1. The van der Waals surface area contributed by atoms with Crippen molar-refractivity contribution in [3.63, 3.8) is 0 Å². The van der Waals surface area contributed by atoms with Crippen LogP contribution in [-0.2, 0) is 0 Å². The fourth-order valence-corrected chi connectivity index (χ4v) is 5.17. The van der Waals surface area contributed by atoms with Crippen molar-refractivity contribution in [1.29, 1.82) is 10.5 Å². The largest absolute Gasteiger partial charge is 0.467 e. The van der Waals surface area contributed by atoms with E-state index >= 15 is 0 Å². The van der Waals surface area contributed by atoms with Crippen LogP contribution in [0.2, 0.25) is 0 Å². The first-order valence-electron chi connectivity index (χ1n) is 11.2. The first-order valence-corrected chi connectivity index (χ1v) is 12.1. The summed E-state index contributed by atoms with van der Waals surface area (Å²) in [5.74, 6) is -1.21. The van der Waals surface area contributed by atoms with E-state index in [9.17, 15) is 14.4 Å². The number of benzene rings is 2. The summed E-state index contributed by atoms with van der Waals surface area (Å²) < 4.78 is 20.1. The topological polar surface area (TPSA) is 102 Å². The third-order valence-electron chi connectivity index (χ3n) is 5.73. The Morgan fingerprint density at radius 1 is 1.20 bits per heavy atom. The molecule has 1 saturated heterocycles. The lowest BCUT2D eigenvalue weighted by Crippen LogP contribution is -2.38. The van der Waals surface area contributed by atoms with Gasteiger partial charge in [-0.2, -0.15) is 10.5 Å². The number of nitriles is 2. The second-order valence-electron chi connectivity index (χ2n) is 8.59. The highest BCUT2D eigenvalue weighted by atomic mass is 32.1. The Morgan fingerprint density at radius 2 is 1.91 bits per heavy atom. The molecule has 0 radical (unpaired) electrons. The summed E-state index contributed by atoms with van der Waals surface area (Å²) in [4.78, 5) is 20.4. The summed E-state index contributed by atoms with van der Waals surface area (Å²) >= 11 is 1.48. The van der Waals surface area contributed by atoms with Crippen molar-refractivity contribution in [1.82, 2.24) is 15.2 Å². The number of carbonyl (C=O) groups excluding carboxylic acids is 1. The Kier molecular flexibility index (Phi) is 7.40. The fourth-order valence-electron chi connectivity index (χ4n) is 4.12. The van der Waals surface area contributed by atoms with Crippen LogP contribution in [-0.4, -0.2) is 41.0 Å². The van der Waals surface area contributed by atoms with Crippen molar-refractivity contribution in [2.75, 3.05) is 13.1 Å². The third kappa shape index (κ3) is 5.65. The quantitative estimate of drug-likeness (QED) is 0.528. The van der Waals surface area contributed by atoms with Crippen LogP contribution >= 0.6 is 11.3 Å². The summed E-state index contributed by atoms with van der Waals surface area (Å²) in [6.45, 7) is 5.17. The van der Waals surface area contributed by atoms with E-state index in [1.165, 1.54) is 23.5 Å². The van der Waals surface area contributed by atoms with Gasteiger partial charge in [0.25, 0.3) is 11.1 Å². The number of amides is 1. The molecule has 4 rings (SSSR count). The first kappa shape index (κ1) is 24.3. The minimum Gasteiger partial charge on any atom is -0.467 e. The van der Waals surface area contributed by atoms with Gasteiger partial charge < -0.3 is 10.1 Å². The number of rotatable bonds is 7. The van der Waals surface area contributed by atoms with E-state index in [1.54, 1.807) is 12.1 Å². The van der Waals surface area contributed by atoms with Crippen molar-refractivity contribution in [3.05, 3.63) is 81.6 Å². The monoisotopic (exact) mass is 489 g/mol. The van der Waals surface area contributed by atoms with Crippen LogP contribution in [0.25, 0.3) is 0 Å². The van der Waals surface area contributed by atoms with Crippen LogP contribution in [0.15, 0.2) is 48.7 Å². The van der Waals surface area contributed by atoms with Crippen LogP contribution in [0.1, 0.15) is 58.2 Å². The van der Waals surface area contributed by atoms with Gasteiger partial charge in [0.2, 0.25) is 0 Å². The molecule has 2 atom stereocenters. The molecule has 1 N–H and O–H groups in total. The molecule has 1 amide bonds. The number of aromatic nitrogens is 1. The number of hydrogen-bond acceptors (Lipinski definition) is 7. The molecule has 35 heavy (non-hydrogen) atoms. The van der Waals surface area contributed by atoms with Crippen molar-refractivity contribution in [2.45, 2.75) is 38.5 Å². The van der Waals surface area contributed by atoms with Gasteiger partial charge in [-0.15, -0.1) is 0 Å². The Labute approximate surface area is 207 Å². The standard InChI is InChI=1S/C26H24FN5O2S/c1-16(2)34-26-30-14-23(35-26)24(19-6-3-17(12-28)4-7-19)32-10-9-20(15-32)31-25(33)21-8-5-18(13-29)11-22(21)27/h3-8,11,14,16,20,24H,9-10,15H2,1-2H3,(H,31,33)/t20?,24-/m1/s1. The van der Waals surface area contributed by atoms with Crippen LogP contribution in [0, 0.1) is 28.5 Å². The van der Waals surface area contributed by atoms with Gasteiger partial charge in [0.15, 0.2) is 0 Å². The maximum atomic E-state index is 14.3. The fraction of sp³-hybridized carbons (Fsp3) is 0.308. The van der Waals surface area contributed by atoms with Crippen LogP contribution in [0.3, 0.4) is 0 Å². The SMILES string of the molecule is CC(C)Oc1ncc([C@@H](c2ccc(C#N)cc2)N2CCC(NC(=O)c3ccc(C#N)cc3F)C2)s1. The highest BCUT2D eigenvalue weighted by Crippen LogP contribution is 2.37. The number of hydrogen-bond donors (Lipinski definition) is 1. The van der Waals surface area contributed by atoms with Gasteiger partial charge in [0, 0.05) is 30.2 Å². The van der Waals surface area contributed by atoms with E-state index < -0.39 is 11.7 Å². The highest BCUT2D eigenvalue weighted by molar-refractivity contribution is 7.13. The molecule has 1 fully saturated rings. The number of nitrogens with zero attached hydrogens (tertiary/aromatic N) is 4. The Hall–Kier alpha value is -3.79. The molecule has 9 heteroatoms. The second-order valence-corrected chi connectivity index (χ2v) is 9.62. The number of carbonyl (C=O) groups is 1. The molecule has 0 aliphatic carbocycles. The number of ether oxygens (including phenoxy) is 1. The normalized spacial score (nSPS) is 16.5. The molecule has 1 unspecified atom stereocenters. The Bertz CT molecular complexity index is 1290. The molecule has 3 aromatic rings. The molecule has 1 aliphatic heterocycles. The summed E-state index contributed by atoms with van der Waals surface area (Å²) in [7, 11) is 0. The van der Waals surface area contributed by atoms with Crippen LogP contribution < -0.4 is 10.1 Å². The van der Waals surface area contributed by atoms with Gasteiger partial charge in [0.05, 0.1) is 41.0 Å². The molecule has 0 spiro atoms. The zero-order chi connectivity index (χ0) is 24.9. The van der Waals surface area contributed by atoms with E-state index in [0.29, 0.717) is 30.3 Å². The summed E-state index contributed by atoms with van der Waals surface area (Å²) in [5, 5.41) is 21.6. The van der Waals surface area contributed by atoms with Gasteiger partial charge in [-0.25, -0.2) is 9.37 Å². The van der Waals surface area contributed by atoms with Crippen molar-refractivity contribution < 1.29 is 13.9 Å². The molecular formula is C26H24FN5O2S. The summed E-state index contributed by atoms with van der Waals surface area (Å²) in [6.07, 6.45) is 2.52. The van der Waals surface area contributed by atoms with Gasteiger partial charge in [-0.1, -0.05) is 23.5 Å². The van der Waals surface area contributed by atoms with Gasteiger partial charge in [-0.3, -0.25) is 9.69 Å². The average molecular weight is 490 g/mol. The van der Waals surface area contributed by atoms with Crippen molar-refractivity contribution >= 4 is 17.2 Å². The molecule has 2 heterocycles. The third-order valence-corrected chi connectivity index (χ3v) is 6.67. The zero-order valence-electron chi connectivity index (χ0n) is 19.4. The van der Waals surface area contributed by atoms with E-state index in [1.807, 2.05) is 38.2 Å². The molecule has 0 bridgehead atoms. The predicted octanol–water partition coefficient (Wildman–Crippen LogP) is 4.41. The summed E-state index contributed by atoms with van der Waals surface area (Å²) in [6, 6.07) is 15.0. The van der Waals surface area contributed by atoms with E-state index in [2.05, 4.69) is 21.3 Å². The lowest BCUT2D eigenvalue weighted by atomic mass is 10.0. The average Bonchev–Trinajstić information content (AvgIpc) is 3.49. The lowest BCUT2D eigenvalue weighted by Gasteiger charge is -2.27. The number of halogens is 1. The molecule has 1 aliphatic rings. The predicted molar refractivity (Wildman–Crippen MR) is 129 cm³/mol. The Morgan fingerprint density at radius 3 is 2.57 bits per heavy atom. The first-order chi connectivity index (χ1) is 16.9. The van der Waals surface area contributed by atoms with E-state index in [0.717, 1.165) is 16.5 Å². The smallest absolute Gasteiger partial charge is 0.273 e. The van der Waals surface area contributed by atoms with Gasteiger partial charge in [0.1, 0.15) is 5.82 Å². The maximum absolute atomic E-state index is 14.3. The number of likely N-dealkylation sites (tertiary alicyclic amines) is 1. The molecule has 7 nitrogen and oxygen atoms in total. The van der Waals surface area contributed by atoms with Gasteiger partial charge in [-0.05, 0) is 56.2 Å². The molecule has 0 saturated carbocycles. The molecule has 178 valence electrons. The minimum absolute atomic E-state index is 0.0105. The maximum Gasteiger partial charge on any atom is 0.273 e. The van der Waals surface area contributed by atoms with Crippen LogP contribution in [0.4, 0.5) is 4.39 Å². The summed E-state index contributed by atoms with van der Waals surface area (Å²) in [5.41, 5.74) is 1.68. The van der Waals surface area contributed by atoms with Crippen LogP contribution in [0.5, 0.6) is 5.19 Å². The zero-order valence-corrected chi connectivity index (χ0v) is 20.2. The highest BCUT2D eigenvalue weighted by Gasteiger charge is 2.33.